The lowest BCUT2D eigenvalue weighted by Gasteiger charge is -2.17. The first-order valence-corrected chi connectivity index (χ1v) is 7.33. The molecule has 0 aliphatic rings. The van der Waals surface area contributed by atoms with Crippen LogP contribution in [0.1, 0.15) is 30.8 Å². The predicted octanol–water partition coefficient (Wildman–Crippen LogP) is 2.95. The number of nitrogens with one attached hydrogen (secondary N) is 1. The van der Waals surface area contributed by atoms with Crippen molar-refractivity contribution in [2.45, 2.75) is 32.4 Å². The summed E-state index contributed by atoms with van der Waals surface area (Å²) in [7, 11) is 1.98. The molecule has 0 saturated carbocycles. The molecule has 102 valence electrons. The Labute approximate surface area is 122 Å². The van der Waals surface area contributed by atoms with E-state index >= 15 is 0 Å². The molecule has 2 rings (SSSR count). The fourth-order valence-electron chi connectivity index (χ4n) is 2.14. The van der Waals surface area contributed by atoms with E-state index in [-0.39, 0.29) is 6.04 Å². The minimum Gasteiger partial charge on any atom is -0.313 e. The van der Waals surface area contributed by atoms with E-state index in [9.17, 15) is 0 Å². The summed E-state index contributed by atoms with van der Waals surface area (Å²) in [5, 5.41) is 7.62. The number of aryl methyl sites for hydroxylation is 1. The van der Waals surface area contributed by atoms with Crippen molar-refractivity contribution in [1.82, 2.24) is 20.1 Å². The number of benzene rings is 1. The second kappa shape index (κ2) is 6.82. The summed E-state index contributed by atoms with van der Waals surface area (Å²) in [4.78, 5) is 4.37. The minimum atomic E-state index is 0.248. The van der Waals surface area contributed by atoms with Gasteiger partial charge in [0.1, 0.15) is 12.2 Å². The molecule has 0 radical (unpaired) electrons. The van der Waals surface area contributed by atoms with Gasteiger partial charge in [-0.1, -0.05) is 35.0 Å². The van der Waals surface area contributed by atoms with E-state index in [1.807, 2.05) is 17.8 Å². The summed E-state index contributed by atoms with van der Waals surface area (Å²) in [6, 6.07) is 8.61. The third-order valence-electron chi connectivity index (χ3n) is 3.12. The number of halogens is 1. The van der Waals surface area contributed by atoms with Crippen molar-refractivity contribution >= 4 is 15.9 Å². The molecule has 0 spiro atoms. The first-order valence-electron chi connectivity index (χ1n) is 6.54. The van der Waals surface area contributed by atoms with Crippen molar-refractivity contribution in [1.29, 1.82) is 0 Å². The van der Waals surface area contributed by atoms with E-state index < -0.39 is 0 Å². The van der Waals surface area contributed by atoms with Crippen LogP contribution >= 0.6 is 15.9 Å². The van der Waals surface area contributed by atoms with Gasteiger partial charge in [0, 0.05) is 23.5 Å². The number of likely N-dealkylation sites (N-methyl/N-ethyl adjacent to an activating group) is 1. The Kier molecular flexibility index (Phi) is 5.10. The monoisotopic (exact) mass is 322 g/mol. The fraction of sp³-hybridized carbons (Fsp3) is 0.429. The molecule has 2 aromatic rings. The van der Waals surface area contributed by atoms with Gasteiger partial charge in [0.15, 0.2) is 0 Å². The number of hydrogen-bond acceptors (Lipinski definition) is 3. The van der Waals surface area contributed by atoms with Gasteiger partial charge < -0.3 is 5.32 Å². The average Bonchev–Trinajstić information content (AvgIpc) is 2.84. The summed E-state index contributed by atoms with van der Waals surface area (Å²) in [5.41, 5.74) is 1.25. The van der Waals surface area contributed by atoms with Crippen molar-refractivity contribution in [3.05, 3.63) is 46.5 Å². The minimum absolute atomic E-state index is 0.248. The van der Waals surface area contributed by atoms with Gasteiger partial charge in [-0.25, -0.2) is 4.98 Å². The van der Waals surface area contributed by atoms with Crippen LogP contribution in [0.15, 0.2) is 35.1 Å². The molecule has 0 aliphatic carbocycles. The van der Waals surface area contributed by atoms with E-state index in [1.54, 1.807) is 6.33 Å². The maximum Gasteiger partial charge on any atom is 0.138 e. The largest absolute Gasteiger partial charge is 0.313 e. The lowest BCUT2D eigenvalue weighted by atomic mass is 10.0. The zero-order valence-electron chi connectivity index (χ0n) is 11.3. The molecule has 19 heavy (non-hydrogen) atoms. The highest BCUT2D eigenvalue weighted by Gasteiger charge is 2.14. The number of rotatable bonds is 6. The molecule has 0 fully saturated rings. The first kappa shape index (κ1) is 14.2. The Balaban J connectivity index is 2.17. The van der Waals surface area contributed by atoms with Crippen LogP contribution in [0.5, 0.6) is 0 Å². The molecule has 0 amide bonds. The van der Waals surface area contributed by atoms with Gasteiger partial charge in [-0.2, -0.15) is 5.10 Å². The quantitative estimate of drug-likeness (QED) is 0.889. The fourth-order valence-corrected chi connectivity index (χ4v) is 2.55. The highest BCUT2D eigenvalue weighted by atomic mass is 79.9. The van der Waals surface area contributed by atoms with Gasteiger partial charge in [0.2, 0.25) is 0 Å². The van der Waals surface area contributed by atoms with Gasteiger partial charge in [-0.05, 0) is 31.2 Å². The van der Waals surface area contributed by atoms with E-state index in [0.29, 0.717) is 0 Å². The molecule has 1 N–H and O–H groups in total. The zero-order valence-corrected chi connectivity index (χ0v) is 12.9. The van der Waals surface area contributed by atoms with E-state index in [1.165, 1.54) is 5.56 Å². The Hall–Kier alpha value is -1.20. The average molecular weight is 323 g/mol. The molecule has 0 saturated heterocycles. The molecular weight excluding hydrogens is 304 g/mol. The van der Waals surface area contributed by atoms with Crippen LogP contribution in [-0.2, 0) is 13.0 Å². The smallest absolute Gasteiger partial charge is 0.138 e. The highest BCUT2D eigenvalue weighted by Crippen LogP contribution is 2.20. The molecule has 1 aromatic heterocycles. The molecule has 4 nitrogen and oxygen atoms in total. The number of hydrogen-bond donors (Lipinski definition) is 1. The van der Waals surface area contributed by atoms with Crippen LogP contribution in [0.3, 0.4) is 0 Å². The van der Waals surface area contributed by atoms with Crippen molar-refractivity contribution in [3.63, 3.8) is 0 Å². The standard InChI is InChI=1S/C14H19BrN4/c1-3-7-19-14(17-10-18-19)9-13(16-2)11-5-4-6-12(15)8-11/h4-6,8,10,13,16H,3,7,9H2,1-2H3. The van der Waals surface area contributed by atoms with Crippen LogP contribution in [0.25, 0.3) is 0 Å². The van der Waals surface area contributed by atoms with Gasteiger partial charge in [0.25, 0.3) is 0 Å². The molecule has 1 atom stereocenters. The maximum atomic E-state index is 4.37. The molecular formula is C14H19BrN4. The summed E-state index contributed by atoms with van der Waals surface area (Å²) in [6.45, 7) is 3.07. The van der Waals surface area contributed by atoms with Crippen molar-refractivity contribution < 1.29 is 0 Å². The van der Waals surface area contributed by atoms with Crippen molar-refractivity contribution in [2.75, 3.05) is 7.05 Å². The Bertz CT molecular complexity index is 524. The van der Waals surface area contributed by atoms with E-state index in [4.69, 9.17) is 0 Å². The lowest BCUT2D eigenvalue weighted by molar-refractivity contribution is 0.517. The summed E-state index contributed by atoms with van der Waals surface area (Å²) < 4.78 is 3.09. The topological polar surface area (TPSA) is 42.7 Å². The number of aromatic nitrogens is 3. The normalized spacial score (nSPS) is 12.6. The zero-order chi connectivity index (χ0) is 13.7. The second-order valence-electron chi connectivity index (χ2n) is 4.50. The van der Waals surface area contributed by atoms with Crippen LogP contribution in [0, 0.1) is 0 Å². The van der Waals surface area contributed by atoms with E-state index in [2.05, 4.69) is 56.5 Å². The van der Waals surface area contributed by atoms with Crippen molar-refractivity contribution in [2.24, 2.45) is 0 Å². The van der Waals surface area contributed by atoms with Gasteiger partial charge in [-0.15, -0.1) is 0 Å². The Morgan fingerprint density at radius 2 is 2.26 bits per heavy atom. The summed E-state index contributed by atoms with van der Waals surface area (Å²) in [5.74, 6) is 1.03. The molecule has 5 heteroatoms. The molecule has 0 bridgehead atoms. The first-order chi connectivity index (χ1) is 9.24. The van der Waals surface area contributed by atoms with Gasteiger partial charge in [0.05, 0.1) is 0 Å². The third kappa shape index (κ3) is 3.64. The Morgan fingerprint density at radius 1 is 1.42 bits per heavy atom. The SMILES string of the molecule is CCCn1ncnc1CC(NC)c1cccc(Br)c1. The third-order valence-corrected chi connectivity index (χ3v) is 3.61. The number of nitrogens with zero attached hydrogens (tertiary/aromatic N) is 3. The predicted molar refractivity (Wildman–Crippen MR) is 80.0 cm³/mol. The second-order valence-corrected chi connectivity index (χ2v) is 5.42. The highest BCUT2D eigenvalue weighted by molar-refractivity contribution is 9.10. The maximum absolute atomic E-state index is 4.37. The molecule has 1 aromatic carbocycles. The van der Waals surface area contributed by atoms with Gasteiger partial charge >= 0.3 is 0 Å². The lowest BCUT2D eigenvalue weighted by Crippen LogP contribution is -2.21. The van der Waals surface area contributed by atoms with Crippen LogP contribution in [-0.4, -0.2) is 21.8 Å². The molecule has 0 aliphatic heterocycles. The van der Waals surface area contributed by atoms with E-state index in [0.717, 1.165) is 29.7 Å². The van der Waals surface area contributed by atoms with Crippen LogP contribution < -0.4 is 5.32 Å². The molecule has 1 heterocycles. The van der Waals surface area contributed by atoms with Crippen molar-refractivity contribution in [3.8, 4) is 0 Å². The molecule has 1 unspecified atom stereocenters. The van der Waals surface area contributed by atoms with Crippen LogP contribution in [0.2, 0.25) is 0 Å². The summed E-state index contributed by atoms with van der Waals surface area (Å²) >= 11 is 3.52. The van der Waals surface area contributed by atoms with Crippen LogP contribution in [0.4, 0.5) is 0 Å². The Morgan fingerprint density at radius 3 is 2.95 bits per heavy atom. The summed E-state index contributed by atoms with van der Waals surface area (Å²) in [6.07, 6.45) is 3.54. The van der Waals surface area contributed by atoms with Gasteiger partial charge in [-0.3, -0.25) is 4.68 Å².